The molecule has 1 aromatic carbocycles. The van der Waals surface area contributed by atoms with E-state index in [1.54, 1.807) is 0 Å². The Kier molecular flexibility index (Phi) is 4.45. The van der Waals surface area contributed by atoms with Gasteiger partial charge in [-0.25, -0.2) is 9.78 Å². The molecule has 0 unspecified atom stereocenters. The molecule has 0 radical (unpaired) electrons. The summed E-state index contributed by atoms with van der Waals surface area (Å²) in [5.74, 6) is -0.874. The largest absolute Gasteiger partial charge is 0.507 e. The molecule has 0 bridgehead atoms. The predicted molar refractivity (Wildman–Crippen MR) is 89.3 cm³/mol. The summed E-state index contributed by atoms with van der Waals surface area (Å²) in [6.07, 6.45) is -1.78. The van der Waals surface area contributed by atoms with Crippen LogP contribution in [0.5, 0.6) is 5.75 Å². The molecule has 3 aromatic rings. The van der Waals surface area contributed by atoms with Crippen molar-refractivity contribution in [1.82, 2.24) is 14.1 Å². The quantitative estimate of drug-likeness (QED) is 0.754. The summed E-state index contributed by atoms with van der Waals surface area (Å²) in [5.41, 5.74) is -1.69. The predicted octanol–water partition coefficient (Wildman–Crippen LogP) is 2.44. The zero-order chi connectivity index (χ0) is 19.1. The zero-order valence-electron chi connectivity index (χ0n) is 13.3. The number of alkyl halides is 3. The molecule has 0 amide bonds. The summed E-state index contributed by atoms with van der Waals surface area (Å²) < 4.78 is 40.4. The van der Waals surface area contributed by atoms with Gasteiger partial charge in [-0.3, -0.25) is 13.9 Å². The molecule has 2 aromatic heterocycles. The Morgan fingerprint density at radius 3 is 2.62 bits per heavy atom. The molecular weight excluding hydrogens is 371 g/mol. The van der Waals surface area contributed by atoms with E-state index in [1.807, 2.05) is 0 Å². The van der Waals surface area contributed by atoms with Crippen LogP contribution in [0.25, 0.3) is 10.6 Å². The SMILES string of the molecule is Cn1c(=O)ccn(Cc2cnc(-c3ccc(C(F)(F)F)c(O)c3)s2)c1=O. The molecule has 136 valence electrons. The molecule has 0 spiro atoms. The third-order valence-corrected chi connectivity index (χ3v) is 4.72. The maximum absolute atomic E-state index is 12.7. The van der Waals surface area contributed by atoms with Crippen molar-refractivity contribution in [1.29, 1.82) is 0 Å². The van der Waals surface area contributed by atoms with Crippen molar-refractivity contribution in [2.24, 2.45) is 7.05 Å². The van der Waals surface area contributed by atoms with Gasteiger partial charge in [-0.15, -0.1) is 11.3 Å². The second-order valence-electron chi connectivity index (χ2n) is 5.48. The maximum atomic E-state index is 12.7. The van der Waals surface area contributed by atoms with Crippen LogP contribution in [0.15, 0.2) is 46.2 Å². The Bertz CT molecular complexity index is 1080. The highest BCUT2D eigenvalue weighted by Crippen LogP contribution is 2.38. The molecule has 0 saturated heterocycles. The number of thiazole rings is 1. The van der Waals surface area contributed by atoms with Crippen molar-refractivity contribution in [3.05, 3.63) is 67.9 Å². The molecule has 26 heavy (non-hydrogen) atoms. The maximum Gasteiger partial charge on any atom is 0.419 e. The van der Waals surface area contributed by atoms with Gasteiger partial charge >= 0.3 is 11.9 Å². The summed E-state index contributed by atoms with van der Waals surface area (Å²) in [5, 5.41) is 10.0. The van der Waals surface area contributed by atoms with E-state index in [2.05, 4.69) is 4.98 Å². The molecule has 6 nitrogen and oxygen atoms in total. The Morgan fingerprint density at radius 1 is 1.23 bits per heavy atom. The van der Waals surface area contributed by atoms with Gasteiger partial charge in [-0.1, -0.05) is 6.07 Å². The molecule has 1 N–H and O–H groups in total. The highest BCUT2D eigenvalue weighted by molar-refractivity contribution is 7.15. The number of benzene rings is 1. The Labute approximate surface area is 148 Å². The van der Waals surface area contributed by atoms with Gasteiger partial charge in [0.25, 0.3) is 5.56 Å². The van der Waals surface area contributed by atoms with Crippen molar-refractivity contribution in [2.75, 3.05) is 0 Å². The van der Waals surface area contributed by atoms with Crippen LogP contribution in [0.1, 0.15) is 10.4 Å². The highest BCUT2D eigenvalue weighted by atomic mass is 32.1. The lowest BCUT2D eigenvalue weighted by molar-refractivity contribution is -0.138. The van der Waals surface area contributed by atoms with Crippen LogP contribution in [0.2, 0.25) is 0 Å². The van der Waals surface area contributed by atoms with E-state index in [0.29, 0.717) is 15.4 Å². The summed E-state index contributed by atoms with van der Waals surface area (Å²) >= 11 is 1.17. The van der Waals surface area contributed by atoms with Gasteiger partial charge in [0, 0.05) is 35.9 Å². The zero-order valence-corrected chi connectivity index (χ0v) is 14.1. The smallest absolute Gasteiger partial charge is 0.419 e. The summed E-state index contributed by atoms with van der Waals surface area (Å²) in [6.45, 7) is 0.164. The number of aromatic hydroxyl groups is 1. The Balaban J connectivity index is 1.89. The van der Waals surface area contributed by atoms with E-state index >= 15 is 0 Å². The average Bonchev–Trinajstić information content (AvgIpc) is 3.03. The first-order chi connectivity index (χ1) is 12.2. The van der Waals surface area contributed by atoms with Crippen molar-refractivity contribution in [3.8, 4) is 16.3 Å². The minimum atomic E-state index is -4.64. The van der Waals surface area contributed by atoms with Crippen LogP contribution in [0.3, 0.4) is 0 Å². The summed E-state index contributed by atoms with van der Waals surface area (Å²) in [7, 11) is 1.37. The van der Waals surface area contributed by atoms with Gasteiger partial charge in [0.2, 0.25) is 0 Å². The Morgan fingerprint density at radius 2 is 1.96 bits per heavy atom. The fourth-order valence-corrected chi connectivity index (χ4v) is 3.23. The first-order valence-corrected chi connectivity index (χ1v) is 8.10. The van der Waals surface area contributed by atoms with Crippen LogP contribution in [-0.4, -0.2) is 19.2 Å². The second kappa shape index (κ2) is 6.45. The van der Waals surface area contributed by atoms with Gasteiger partial charge in [-0.05, 0) is 12.1 Å². The minimum absolute atomic E-state index is 0.164. The molecule has 0 aliphatic carbocycles. The molecule has 0 saturated carbocycles. The van der Waals surface area contributed by atoms with E-state index in [0.717, 1.165) is 16.7 Å². The van der Waals surface area contributed by atoms with Gasteiger partial charge < -0.3 is 5.11 Å². The molecule has 2 heterocycles. The van der Waals surface area contributed by atoms with E-state index < -0.39 is 28.7 Å². The first-order valence-electron chi connectivity index (χ1n) is 7.28. The van der Waals surface area contributed by atoms with Crippen LogP contribution < -0.4 is 11.2 Å². The van der Waals surface area contributed by atoms with Crippen molar-refractivity contribution >= 4 is 11.3 Å². The van der Waals surface area contributed by atoms with Crippen LogP contribution in [0, 0.1) is 0 Å². The number of phenolic OH excluding ortho intramolecular Hbond substituents is 1. The van der Waals surface area contributed by atoms with Gasteiger partial charge in [0.1, 0.15) is 10.8 Å². The third-order valence-electron chi connectivity index (χ3n) is 3.69. The monoisotopic (exact) mass is 383 g/mol. The van der Waals surface area contributed by atoms with Gasteiger partial charge in [0.15, 0.2) is 0 Å². The third kappa shape index (κ3) is 3.40. The van der Waals surface area contributed by atoms with E-state index in [-0.39, 0.29) is 6.54 Å². The standard InChI is InChI=1S/C16H12F3N3O3S/c1-21-13(24)4-5-22(15(21)25)8-10-7-20-14(26-10)9-2-3-11(12(23)6-9)16(17,18)19/h2-7,23H,8H2,1H3. The lowest BCUT2D eigenvalue weighted by Gasteiger charge is -2.09. The number of halogens is 3. The second-order valence-corrected chi connectivity index (χ2v) is 6.60. The Hall–Kier alpha value is -2.88. The van der Waals surface area contributed by atoms with Crippen LogP contribution in [0.4, 0.5) is 13.2 Å². The lowest BCUT2D eigenvalue weighted by atomic mass is 10.1. The molecule has 0 aliphatic heterocycles. The average molecular weight is 383 g/mol. The van der Waals surface area contributed by atoms with E-state index in [4.69, 9.17) is 0 Å². The fraction of sp³-hybridized carbons (Fsp3) is 0.188. The molecule has 3 rings (SSSR count). The number of hydrogen-bond acceptors (Lipinski definition) is 5. The fourth-order valence-electron chi connectivity index (χ4n) is 2.32. The summed E-state index contributed by atoms with van der Waals surface area (Å²) in [4.78, 5) is 28.2. The molecule has 0 fully saturated rings. The molecular formula is C16H12F3N3O3S. The number of aromatic nitrogens is 3. The van der Waals surface area contributed by atoms with Crippen molar-refractivity contribution in [2.45, 2.75) is 12.7 Å². The number of phenols is 1. The number of rotatable bonds is 3. The van der Waals surface area contributed by atoms with E-state index in [1.165, 1.54) is 47.5 Å². The molecule has 0 atom stereocenters. The topological polar surface area (TPSA) is 77.1 Å². The highest BCUT2D eigenvalue weighted by Gasteiger charge is 2.33. The lowest BCUT2D eigenvalue weighted by Crippen LogP contribution is -2.36. The van der Waals surface area contributed by atoms with Gasteiger partial charge in [-0.2, -0.15) is 13.2 Å². The van der Waals surface area contributed by atoms with Gasteiger partial charge in [0.05, 0.1) is 12.1 Å². The van der Waals surface area contributed by atoms with Crippen LogP contribution in [-0.2, 0) is 19.8 Å². The van der Waals surface area contributed by atoms with Crippen LogP contribution >= 0.6 is 11.3 Å². The number of nitrogens with zero attached hydrogens (tertiary/aromatic N) is 3. The molecule has 0 aliphatic rings. The minimum Gasteiger partial charge on any atom is -0.507 e. The van der Waals surface area contributed by atoms with Crippen molar-refractivity contribution < 1.29 is 18.3 Å². The van der Waals surface area contributed by atoms with Crippen molar-refractivity contribution in [3.63, 3.8) is 0 Å². The number of hydrogen-bond donors (Lipinski definition) is 1. The normalized spacial score (nSPS) is 11.7. The first kappa shape index (κ1) is 17.9. The van der Waals surface area contributed by atoms with E-state index in [9.17, 15) is 27.9 Å². The molecule has 10 heteroatoms. The summed E-state index contributed by atoms with van der Waals surface area (Å²) in [6, 6.07) is 4.29.